The van der Waals surface area contributed by atoms with Crippen molar-refractivity contribution in [1.29, 1.82) is 21.0 Å². The first-order valence-corrected chi connectivity index (χ1v) is 51.5. The summed E-state index contributed by atoms with van der Waals surface area (Å²) in [5, 5.41) is 63.1. The van der Waals surface area contributed by atoms with E-state index in [2.05, 4.69) is 148 Å². The van der Waals surface area contributed by atoms with E-state index in [1.165, 1.54) is 139 Å². The first-order chi connectivity index (χ1) is 70.8. The van der Waals surface area contributed by atoms with E-state index in [-0.39, 0.29) is 22.6 Å². The molecule has 3 atom stereocenters. The van der Waals surface area contributed by atoms with Crippen molar-refractivity contribution in [1.82, 2.24) is 59.5 Å². The number of piperidine rings is 3. The van der Waals surface area contributed by atoms with Crippen LogP contribution in [0, 0.1) is 63.1 Å². The molecule has 0 amide bonds. The van der Waals surface area contributed by atoms with Crippen LogP contribution in [0.5, 0.6) is 51.7 Å². The number of fused-ring (bicyclic) bond motifs is 4. The maximum atomic E-state index is 12.6. The summed E-state index contributed by atoms with van der Waals surface area (Å²) < 4.78 is 85.1. The van der Waals surface area contributed by atoms with E-state index in [1.807, 2.05) is 91.0 Å². The van der Waals surface area contributed by atoms with Gasteiger partial charge in [-0.2, -0.15) is 41.0 Å². The molecule has 12 heterocycles. The Morgan fingerprint density at radius 3 is 1.23 bits per heavy atom. The van der Waals surface area contributed by atoms with Crippen LogP contribution in [-0.2, 0) is 11.3 Å². The van der Waals surface area contributed by atoms with Gasteiger partial charge in [-0.25, -0.2) is 19.9 Å². The molecule has 20 rings (SSSR count). The van der Waals surface area contributed by atoms with Gasteiger partial charge in [-0.05, 0) is 230 Å². The molecule has 748 valence electrons. The fourth-order valence-corrected chi connectivity index (χ4v) is 21.4. The molecule has 4 aliphatic heterocycles. The Bertz CT molecular complexity index is 7460. The van der Waals surface area contributed by atoms with Crippen LogP contribution in [0.25, 0.3) is 41.4 Å². The van der Waals surface area contributed by atoms with E-state index in [1.54, 1.807) is 61.7 Å². The van der Waals surface area contributed by atoms with Gasteiger partial charge in [0, 0.05) is 114 Å². The molecule has 4 fully saturated rings. The highest BCUT2D eigenvalue weighted by Crippen LogP contribution is 2.46. The largest absolute Gasteiger partial charge is 0.573 e. The van der Waals surface area contributed by atoms with E-state index in [0.717, 1.165) is 134 Å². The highest BCUT2D eigenvalue weighted by Gasteiger charge is 2.32. The molecule has 16 aromatic rings. The third-order valence-corrected chi connectivity index (χ3v) is 29.0. The fourth-order valence-electron chi connectivity index (χ4n) is 16.5. The standard InChI is InChI=1S/C27H27ClN6O2S.C27H24F3N5O3S.C26H23Cl2N5O2S.C24H20Cl2N6OS/c1-34-11-3-4-17(15-34)16-36-20-7-5-19(6-8-20)31-27-33-26-25(37-27)24(18(13-29)14-30-26)32-23-12-21(35-2)9-10-22(23)28;1-35-11-3-4-17(15-35)16-36-20-9-7-19(8-10-20)33-26-34-25-24(39-26)23(18(13-31)14-32-25)37-21-5-2-6-22(12-21)38-27(28,29)30;1-33-10-2-3-16(14-33)15-34-20-7-5-19(6-8-20)31-26-32-25-24(36-26)23(17(12-29)13-30-25)35-22-9-4-18(27)11-21(22)28;25-17-3-6-20(19(26)11-17)30-21-16(12-27)13-28-23-22(21)34-24(31-23)29-18-4-1-15(2-5-18)14-32-7-9-33-10-8-32/h5-10,12,14,17H,3-4,11,15-16H2,1-2H3,(H2,30,31,32,33);2,5-10,12,14,17H,3-4,11,15-16H2,1H3,(H,32,33,34);4-9,11,13,16H,2-3,10,14-15H2,1H3,(H,30,31,32);1-6,11,13H,7-10,14H2,(H2,28,29,30,31). The summed E-state index contributed by atoms with van der Waals surface area (Å²) in [6.07, 6.45) is 8.17. The van der Waals surface area contributed by atoms with Crippen LogP contribution >= 0.6 is 103 Å². The number of nitriles is 4. The van der Waals surface area contributed by atoms with E-state index >= 15 is 0 Å². The number of rotatable bonds is 29. The molecule has 4 aliphatic rings. The van der Waals surface area contributed by atoms with Gasteiger partial charge in [-0.15, -0.1) is 13.2 Å². The summed E-state index contributed by atoms with van der Waals surface area (Å²) in [7, 11) is 8.05. The van der Waals surface area contributed by atoms with Crippen LogP contribution in [0.15, 0.2) is 201 Å². The lowest BCUT2D eigenvalue weighted by atomic mass is 10.00. The Labute approximate surface area is 880 Å². The number of methoxy groups -OCH3 is 1. The molecule has 0 spiro atoms. The maximum absolute atomic E-state index is 12.6. The summed E-state index contributed by atoms with van der Waals surface area (Å²) in [4.78, 5) is 45.0. The lowest BCUT2D eigenvalue weighted by molar-refractivity contribution is -0.274. The van der Waals surface area contributed by atoms with E-state index in [9.17, 15) is 34.2 Å². The highest BCUT2D eigenvalue weighted by molar-refractivity contribution is 7.24. The molecule has 3 unspecified atom stereocenters. The number of pyridine rings is 4. The number of nitrogens with zero attached hydrogens (tertiary/aromatic N) is 16. The Kier molecular flexibility index (Phi) is 34.8. The molecule has 4 saturated heterocycles. The third-order valence-electron chi connectivity index (χ3n) is 23.7. The highest BCUT2D eigenvalue weighted by atomic mass is 35.5. The number of hydrogen-bond acceptors (Lipinski definition) is 34. The number of anilines is 12. The van der Waals surface area contributed by atoms with Crippen LogP contribution in [0.2, 0.25) is 25.1 Å². The number of likely N-dealkylation sites (tertiary alicyclic amines) is 3. The number of halogens is 8. The van der Waals surface area contributed by atoms with Crippen molar-refractivity contribution in [3.8, 4) is 76.0 Å². The zero-order valence-corrected chi connectivity index (χ0v) is 86.1. The predicted molar refractivity (Wildman–Crippen MR) is 571 cm³/mol. The SMILES string of the molecule is CN1CCCC(COc2ccc(Nc3nc4ncc(C#N)c(Oc5ccc(Cl)cc5Cl)c4s3)cc2)C1.CN1CCCC(COc2ccc(Nc3nc4ncc(C#N)c(Oc5cccc(OC(F)(F)F)c5)c4s3)cc2)C1.COc1ccc(Cl)c(Nc2c(C#N)cnc3nc(Nc4ccc(OCC5CCCN(C)C5)cc4)sc23)c1.N#Cc1cnc2nc(Nc3ccc(CN4CCOCC4)cc3)sc2c1Nc1ccc(Cl)cc1Cl. The molecule has 0 saturated carbocycles. The molecule has 0 radical (unpaired) electrons. The molecular weight excluding hydrogens is 2050 g/mol. The summed E-state index contributed by atoms with van der Waals surface area (Å²) in [6.45, 7) is 13.2. The second-order valence-corrected chi connectivity index (χ2v) is 40.7. The van der Waals surface area contributed by atoms with Crippen LogP contribution in [0.1, 0.15) is 66.3 Å². The predicted octanol–water partition coefficient (Wildman–Crippen LogP) is 26.5. The average molecular weight is 2140 g/mol. The lowest BCUT2D eigenvalue weighted by Crippen LogP contribution is -2.35. The van der Waals surface area contributed by atoms with Gasteiger partial charge in [0.1, 0.15) is 94.5 Å². The fraction of sp³-hybridized carbons (Fsp3) is 0.269. The monoisotopic (exact) mass is 2140 g/mol. The van der Waals surface area contributed by atoms with Gasteiger partial charge in [0.2, 0.25) is 0 Å². The number of thiazole rings is 4. The number of alkyl halides is 3. The van der Waals surface area contributed by atoms with Crippen molar-refractivity contribution in [3.63, 3.8) is 0 Å². The van der Waals surface area contributed by atoms with Crippen molar-refractivity contribution in [2.45, 2.75) is 51.4 Å². The number of aromatic nitrogens is 8. The summed E-state index contributed by atoms with van der Waals surface area (Å²) in [5.74, 6) is 5.31. The van der Waals surface area contributed by atoms with Crippen LogP contribution < -0.4 is 65.1 Å². The molecule has 30 nitrogen and oxygen atoms in total. The molecular formula is C104H94Cl5F3N22O8S4. The van der Waals surface area contributed by atoms with E-state index in [4.69, 9.17) is 91.2 Å². The van der Waals surface area contributed by atoms with E-state index < -0.39 is 12.1 Å². The molecule has 6 N–H and O–H groups in total. The summed E-state index contributed by atoms with van der Waals surface area (Å²) >= 11 is 36.4. The Hall–Kier alpha value is -13.7. The molecule has 8 aromatic carbocycles. The van der Waals surface area contributed by atoms with Crippen molar-refractivity contribution in [2.24, 2.45) is 17.8 Å². The smallest absolute Gasteiger partial charge is 0.497 e. The second kappa shape index (κ2) is 49.0. The molecule has 0 aliphatic carbocycles. The zero-order chi connectivity index (χ0) is 102. The van der Waals surface area contributed by atoms with Crippen molar-refractivity contribution >= 4 is 211 Å². The first kappa shape index (κ1) is 104. The average Bonchev–Trinajstić information content (AvgIpc) is 1.65. The Balaban J connectivity index is 0.000000133. The lowest BCUT2D eigenvalue weighted by Gasteiger charge is -2.29. The van der Waals surface area contributed by atoms with Gasteiger partial charge in [0.25, 0.3) is 0 Å². The molecule has 8 aromatic heterocycles. The number of benzene rings is 8. The van der Waals surface area contributed by atoms with E-state index in [0.29, 0.717) is 153 Å². The van der Waals surface area contributed by atoms with Gasteiger partial charge in [0.15, 0.2) is 54.6 Å². The molecule has 0 bridgehead atoms. The molecule has 42 heteroatoms. The van der Waals surface area contributed by atoms with Gasteiger partial charge in [-0.1, -0.05) is 122 Å². The quantitative estimate of drug-likeness (QED) is 0.0254. The minimum Gasteiger partial charge on any atom is -0.497 e. The number of ether oxygens (including phenoxy) is 8. The van der Waals surface area contributed by atoms with Crippen LogP contribution in [0.3, 0.4) is 0 Å². The van der Waals surface area contributed by atoms with Crippen molar-refractivity contribution in [2.75, 3.05) is 146 Å². The van der Waals surface area contributed by atoms with Gasteiger partial charge >= 0.3 is 6.36 Å². The van der Waals surface area contributed by atoms with Crippen LogP contribution in [-0.4, -0.2) is 179 Å². The van der Waals surface area contributed by atoms with Gasteiger partial charge in [-0.3, -0.25) is 4.90 Å². The second-order valence-electron chi connectivity index (χ2n) is 34.7. The number of morpholine rings is 1. The minimum atomic E-state index is -4.84. The van der Waals surface area contributed by atoms with Crippen molar-refractivity contribution in [3.05, 3.63) is 254 Å². The van der Waals surface area contributed by atoms with Crippen LogP contribution in [0.4, 0.5) is 79.2 Å². The topological polar surface area (TPSA) is 357 Å². The van der Waals surface area contributed by atoms with Gasteiger partial charge < -0.3 is 84.5 Å². The summed E-state index contributed by atoms with van der Waals surface area (Å²) in [5.41, 5.74) is 10.3. The zero-order valence-electron chi connectivity index (χ0n) is 79.0. The normalized spacial score (nSPS) is 15.5. The number of nitrogens with one attached hydrogen (secondary N) is 6. The number of hydrogen-bond donors (Lipinski definition) is 6. The molecule has 146 heavy (non-hydrogen) atoms. The first-order valence-electron chi connectivity index (χ1n) is 46.3. The Morgan fingerprint density at radius 1 is 0.411 bits per heavy atom. The maximum Gasteiger partial charge on any atom is 0.573 e. The van der Waals surface area contributed by atoms with Crippen molar-refractivity contribution < 1.29 is 51.1 Å². The van der Waals surface area contributed by atoms with Gasteiger partial charge in [0.05, 0.1) is 101 Å². The third kappa shape index (κ3) is 27.9. The Morgan fingerprint density at radius 2 is 0.808 bits per heavy atom. The summed E-state index contributed by atoms with van der Waals surface area (Å²) in [6, 6.07) is 60.5. The minimum absolute atomic E-state index is 0.0686.